The molecular weight excluding hydrogens is 192 g/mol. The number of benzene rings is 1. The average molecular weight is 201 g/mol. The van der Waals surface area contributed by atoms with Crippen molar-refractivity contribution in [1.29, 1.82) is 0 Å². The van der Waals surface area contributed by atoms with Gasteiger partial charge < -0.3 is 10.4 Å². The Kier molecular flexibility index (Phi) is 3.14. The molecule has 2 N–H and O–H groups in total. The monoisotopic (exact) mass is 201 g/mol. The predicted octanol–water partition coefficient (Wildman–Crippen LogP) is 1.31. The number of carboxylic acids is 1. The first-order valence-electron chi connectivity index (χ1n) is 3.91. The molecule has 1 rings (SSSR count). The third kappa shape index (κ3) is 2.05. The summed E-state index contributed by atoms with van der Waals surface area (Å²) >= 11 is 0. The van der Waals surface area contributed by atoms with Gasteiger partial charge in [-0.05, 0) is 24.7 Å². The van der Waals surface area contributed by atoms with Crippen LogP contribution in [0.1, 0.15) is 11.6 Å². The topological polar surface area (TPSA) is 49.3 Å². The lowest BCUT2D eigenvalue weighted by atomic mass is 10.1. The van der Waals surface area contributed by atoms with Crippen LogP contribution in [0.2, 0.25) is 0 Å². The van der Waals surface area contributed by atoms with E-state index in [1.165, 1.54) is 13.1 Å². The van der Waals surface area contributed by atoms with Crippen molar-refractivity contribution in [3.05, 3.63) is 35.4 Å². The van der Waals surface area contributed by atoms with Gasteiger partial charge in [0.2, 0.25) is 0 Å². The van der Waals surface area contributed by atoms with Gasteiger partial charge in [-0.1, -0.05) is 6.07 Å². The second-order valence-electron chi connectivity index (χ2n) is 2.73. The van der Waals surface area contributed by atoms with Crippen molar-refractivity contribution < 1.29 is 18.7 Å². The van der Waals surface area contributed by atoms with E-state index in [0.717, 1.165) is 12.1 Å². The first kappa shape index (κ1) is 10.6. The van der Waals surface area contributed by atoms with E-state index in [1.54, 1.807) is 0 Å². The van der Waals surface area contributed by atoms with E-state index in [2.05, 4.69) is 5.32 Å². The normalized spacial score (nSPS) is 12.5. The summed E-state index contributed by atoms with van der Waals surface area (Å²) in [6, 6.07) is 1.97. The fourth-order valence-corrected chi connectivity index (χ4v) is 1.12. The molecule has 14 heavy (non-hydrogen) atoms. The Hall–Kier alpha value is -1.49. The van der Waals surface area contributed by atoms with Crippen molar-refractivity contribution in [3.63, 3.8) is 0 Å². The molecule has 0 saturated carbocycles. The van der Waals surface area contributed by atoms with Gasteiger partial charge >= 0.3 is 5.97 Å². The molecule has 0 fully saturated rings. The maximum atomic E-state index is 12.7. The van der Waals surface area contributed by atoms with Crippen LogP contribution in [0.25, 0.3) is 0 Å². The van der Waals surface area contributed by atoms with Crippen molar-refractivity contribution in [3.8, 4) is 0 Å². The molecule has 0 bridgehead atoms. The van der Waals surface area contributed by atoms with Gasteiger partial charge in [-0.15, -0.1) is 0 Å². The molecule has 0 spiro atoms. The molecule has 1 aromatic rings. The lowest BCUT2D eigenvalue weighted by Crippen LogP contribution is -2.25. The van der Waals surface area contributed by atoms with Crippen LogP contribution in [0, 0.1) is 11.6 Å². The summed E-state index contributed by atoms with van der Waals surface area (Å²) in [5.41, 5.74) is 0.180. The van der Waals surface area contributed by atoms with Crippen LogP contribution in [0.4, 0.5) is 8.78 Å². The third-order valence-corrected chi connectivity index (χ3v) is 1.81. The highest BCUT2D eigenvalue weighted by atomic mass is 19.2. The number of nitrogens with one attached hydrogen (secondary N) is 1. The highest BCUT2D eigenvalue weighted by Crippen LogP contribution is 2.16. The molecule has 0 aromatic heterocycles. The molecule has 0 aliphatic rings. The number of hydrogen-bond donors (Lipinski definition) is 2. The molecule has 5 heteroatoms. The number of carbonyl (C=O) groups is 1. The molecule has 3 nitrogen and oxygen atoms in total. The second-order valence-corrected chi connectivity index (χ2v) is 2.73. The van der Waals surface area contributed by atoms with E-state index in [1.807, 2.05) is 0 Å². The van der Waals surface area contributed by atoms with Crippen molar-refractivity contribution in [2.24, 2.45) is 0 Å². The van der Waals surface area contributed by atoms with Crippen LogP contribution in [-0.2, 0) is 4.79 Å². The van der Waals surface area contributed by atoms with E-state index in [9.17, 15) is 13.6 Å². The minimum atomic E-state index is -1.14. The van der Waals surface area contributed by atoms with Crippen LogP contribution in [0.5, 0.6) is 0 Å². The second kappa shape index (κ2) is 4.15. The zero-order chi connectivity index (χ0) is 10.7. The zero-order valence-corrected chi connectivity index (χ0v) is 7.42. The fourth-order valence-electron chi connectivity index (χ4n) is 1.12. The Labute approximate surface area is 79.4 Å². The number of carboxylic acid groups (broad SMARTS) is 1. The van der Waals surface area contributed by atoms with Gasteiger partial charge in [0.05, 0.1) is 0 Å². The molecule has 0 aliphatic heterocycles. The first-order valence-corrected chi connectivity index (χ1v) is 3.91. The van der Waals surface area contributed by atoms with Gasteiger partial charge in [-0.25, -0.2) is 8.78 Å². The molecule has 0 radical (unpaired) electrons. The summed E-state index contributed by atoms with van der Waals surface area (Å²) < 4.78 is 25.3. The number of aliphatic carboxylic acids is 1. The van der Waals surface area contributed by atoms with E-state index in [4.69, 9.17) is 5.11 Å². The fraction of sp³-hybridized carbons (Fsp3) is 0.222. The Bertz CT molecular complexity index is 355. The lowest BCUT2D eigenvalue weighted by Gasteiger charge is -2.11. The quantitative estimate of drug-likeness (QED) is 0.775. The van der Waals surface area contributed by atoms with Gasteiger partial charge in [-0.2, -0.15) is 0 Å². The summed E-state index contributed by atoms with van der Waals surface area (Å²) in [6.07, 6.45) is 0. The highest BCUT2D eigenvalue weighted by molar-refractivity contribution is 5.75. The third-order valence-electron chi connectivity index (χ3n) is 1.81. The Morgan fingerprint density at radius 2 is 2.07 bits per heavy atom. The number of halogens is 2. The summed E-state index contributed by atoms with van der Waals surface area (Å²) in [5, 5.41) is 11.2. The van der Waals surface area contributed by atoms with E-state index < -0.39 is 23.6 Å². The predicted molar refractivity (Wildman–Crippen MR) is 45.8 cm³/mol. The minimum Gasteiger partial charge on any atom is -0.480 e. The number of rotatable bonds is 3. The van der Waals surface area contributed by atoms with Crippen molar-refractivity contribution in [2.75, 3.05) is 7.05 Å². The molecule has 0 aliphatic carbocycles. The molecule has 0 amide bonds. The Morgan fingerprint density at radius 3 is 2.50 bits per heavy atom. The maximum Gasteiger partial charge on any atom is 0.325 e. The SMILES string of the molecule is CN[C@@H](C(=O)O)c1ccc(F)c(F)c1. The molecule has 1 atom stereocenters. The van der Waals surface area contributed by atoms with Crippen LogP contribution in [-0.4, -0.2) is 18.1 Å². The van der Waals surface area contributed by atoms with E-state index >= 15 is 0 Å². The molecule has 76 valence electrons. The number of likely N-dealkylation sites (N-methyl/N-ethyl adjacent to an activating group) is 1. The van der Waals surface area contributed by atoms with E-state index in [0.29, 0.717) is 0 Å². The van der Waals surface area contributed by atoms with Crippen molar-refractivity contribution in [1.82, 2.24) is 5.32 Å². The lowest BCUT2D eigenvalue weighted by molar-refractivity contribution is -0.139. The van der Waals surface area contributed by atoms with Gasteiger partial charge in [0.25, 0.3) is 0 Å². The standard InChI is InChI=1S/C9H9F2NO2/c1-12-8(9(13)14)5-2-3-6(10)7(11)4-5/h2-4,8,12H,1H3,(H,13,14)/t8-/m1/s1. The summed E-state index contributed by atoms with van der Waals surface area (Å²) in [5.74, 6) is -3.18. The zero-order valence-electron chi connectivity index (χ0n) is 7.42. The molecule has 1 aromatic carbocycles. The van der Waals surface area contributed by atoms with Gasteiger partial charge in [0.1, 0.15) is 6.04 Å². The Morgan fingerprint density at radius 1 is 1.43 bits per heavy atom. The maximum absolute atomic E-state index is 12.7. The Balaban J connectivity index is 3.06. The first-order chi connectivity index (χ1) is 6.56. The summed E-state index contributed by atoms with van der Waals surface area (Å²) in [4.78, 5) is 10.6. The smallest absolute Gasteiger partial charge is 0.325 e. The average Bonchev–Trinajstić information content (AvgIpc) is 2.11. The largest absolute Gasteiger partial charge is 0.480 e. The molecule has 0 saturated heterocycles. The van der Waals surface area contributed by atoms with Crippen LogP contribution < -0.4 is 5.32 Å². The van der Waals surface area contributed by atoms with Crippen LogP contribution in [0.15, 0.2) is 18.2 Å². The van der Waals surface area contributed by atoms with E-state index in [-0.39, 0.29) is 5.56 Å². The van der Waals surface area contributed by atoms with Crippen LogP contribution >= 0.6 is 0 Å². The summed E-state index contributed by atoms with van der Waals surface area (Å²) in [7, 11) is 1.43. The minimum absolute atomic E-state index is 0.180. The van der Waals surface area contributed by atoms with Crippen molar-refractivity contribution >= 4 is 5.97 Å². The van der Waals surface area contributed by atoms with Gasteiger partial charge in [-0.3, -0.25) is 4.79 Å². The van der Waals surface area contributed by atoms with Gasteiger partial charge in [0.15, 0.2) is 11.6 Å². The highest BCUT2D eigenvalue weighted by Gasteiger charge is 2.18. The molecular formula is C9H9F2NO2. The van der Waals surface area contributed by atoms with Gasteiger partial charge in [0, 0.05) is 0 Å². The molecule has 0 heterocycles. The summed E-state index contributed by atoms with van der Waals surface area (Å²) in [6.45, 7) is 0. The number of hydrogen-bond acceptors (Lipinski definition) is 2. The van der Waals surface area contributed by atoms with Crippen molar-refractivity contribution in [2.45, 2.75) is 6.04 Å². The van der Waals surface area contributed by atoms with Crippen LogP contribution in [0.3, 0.4) is 0 Å². The molecule has 0 unspecified atom stereocenters.